The van der Waals surface area contributed by atoms with Gasteiger partial charge in [-0.2, -0.15) is 0 Å². The molecular weight excluding hydrogens is 416 g/mol. The van der Waals surface area contributed by atoms with Crippen molar-refractivity contribution in [2.24, 2.45) is 0 Å². The van der Waals surface area contributed by atoms with Crippen molar-refractivity contribution >= 4 is 0 Å². The molecule has 0 unspecified atom stereocenters. The van der Waals surface area contributed by atoms with E-state index in [0.717, 1.165) is 16.7 Å². The maximum Gasteiger partial charge on any atom is 0.184 e. The Balaban J connectivity index is 1.54. The van der Waals surface area contributed by atoms with Crippen molar-refractivity contribution in [3.63, 3.8) is 0 Å². The summed E-state index contributed by atoms with van der Waals surface area (Å²) in [7, 11) is 0. The van der Waals surface area contributed by atoms with Gasteiger partial charge in [0, 0.05) is 0 Å². The van der Waals surface area contributed by atoms with Crippen LogP contribution in [0.5, 0.6) is 0 Å². The molecule has 0 aromatic heterocycles. The van der Waals surface area contributed by atoms with Gasteiger partial charge in [0.1, 0.15) is 24.4 Å². The van der Waals surface area contributed by atoms with Crippen LogP contribution in [0, 0.1) is 0 Å². The van der Waals surface area contributed by atoms with Gasteiger partial charge in [-0.05, 0) is 16.7 Å². The Morgan fingerprint density at radius 1 is 0.636 bits per heavy atom. The van der Waals surface area contributed by atoms with E-state index in [0.29, 0.717) is 19.8 Å². The zero-order valence-electron chi connectivity index (χ0n) is 18.5. The van der Waals surface area contributed by atoms with E-state index in [4.69, 9.17) is 18.9 Å². The topological polar surface area (TPSA) is 57.2 Å². The molecule has 5 nitrogen and oxygen atoms in total. The average molecular weight is 447 g/mol. The van der Waals surface area contributed by atoms with Crippen LogP contribution >= 0.6 is 0 Å². The van der Waals surface area contributed by atoms with Crippen molar-refractivity contribution in [1.82, 2.24) is 0 Å². The Kier molecular flexibility index (Phi) is 8.41. The highest BCUT2D eigenvalue weighted by atomic mass is 16.7. The van der Waals surface area contributed by atoms with Gasteiger partial charge in [-0.25, -0.2) is 0 Å². The second-order valence-electron chi connectivity index (χ2n) is 8.01. The number of aliphatic hydroxyl groups excluding tert-OH is 1. The second-order valence-corrected chi connectivity index (χ2v) is 8.01. The van der Waals surface area contributed by atoms with E-state index in [1.54, 1.807) is 6.08 Å². The predicted molar refractivity (Wildman–Crippen MR) is 126 cm³/mol. The van der Waals surface area contributed by atoms with Crippen molar-refractivity contribution in [3.05, 3.63) is 120 Å². The summed E-state index contributed by atoms with van der Waals surface area (Å²) in [4.78, 5) is 0. The van der Waals surface area contributed by atoms with E-state index in [1.165, 1.54) is 0 Å². The lowest BCUT2D eigenvalue weighted by Crippen LogP contribution is -2.59. The molecule has 4 rings (SSSR count). The molecule has 1 fully saturated rings. The Bertz CT molecular complexity index is 963. The van der Waals surface area contributed by atoms with Gasteiger partial charge in [0.15, 0.2) is 6.29 Å². The number of hydrogen-bond donors (Lipinski definition) is 1. The smallest absolute Gasteiger partial charge is 0.184 e. The third-order valence-electron chi connectivity index (χ3n) is 5.64. The van der Waals surface area contributed by atoms with Crippen LogP contribution in [0.15, 0.2) is 104 Å². The molecule has 0 amide bonds. The monoisotopic (exact) mass is 446 g/mol. The van der Waals surface area contributed by atoms with E-state index >= 15 is 0 Å². The first-order valence-corrected chi connectivity index (χ1v) is 11.2. The second kappa shape index (κ2) is 11.9. The SMILES string of the molecule is C=C[C@H]1O[C@H](O)[C@@H](OCc2ccccc2)[C@@H](OCc2ccccc2)[C@@H]1OCc1ccccc1. The highest BCUT2D eigenvalue weighted by molar-refractivity contribution is 5.16. The molecule has 1 saturated heterocycles. The van der Waals surface area contributed by atoms with Gasteiger partial charge in [0.2, 0.25) is 0 Å². The molecule has 172 valence electrons. The Hall–Kier alpha value is -2.80. The quantitative estimate of drug-likeness (QED) is 0.460. The normalized spacial score (nSPS) is 24.9. The summed E-state index contributed by atoms with van der Waals surface area (Å²) in [6, 6.07) is 29.6. The van der Waals surface area contributed by atoms with Gasteiger partial charge in [0.05, 0.1) is 19.8 Å². The third-order valence-corrected chi connectivity index (χ3v) is 5.64. The minimum Gasteiger partial charge on any atom is -0.368 e. The van der Waals surface area contributed by atoms with Crippen LogP contribution in [0.25, 0.3) is 0 Å². The summed E-state index contributed by atoms with van der Waals surface area (Å²) in [5.74, 6) is 0. The molecule has 0 spiro atoms. The van der Waals surface area contributed by atoms with Crippen molar-refractivity contribution in [2.75, 3.05) is 0 Å². The molecule has 1 aliphatic rings. The van der Waals surface area contributed by atoms with Crippen LogP contribution in [-0.4, -0.2) is 35.8 Å². The lowest BCUT2D eigenvalue weighted by molar-refractivity contribution is -0.302. The van der Waals surface area contributed by atoms with Crippen molar-refractivity contribution < 1.29 is 24.1 Å². The first kappa shape index (κ1) is 23.4. The number of aliphatic hydroxyl groups is 1. The first-order chi connectivity index (χ1) is 16.2. The standard InChI is InChI=1S/C28H30O5/c1-2-24-25(30-18-21-12-6-3-7-13-21)26(31-19-22-14-8-4-9-15-22)27(28(29)33-24)32-20-23-16-10-5-11-17-23/h2-17,24-29H,1,18-20H2/t24-,25-,26+,27+,28+/m1/s1. The molecule has 0 bridgehead atoms. The van der Waals surface area contributed by atoms with Gasteiger partial charge in [-0.3, -0.25) is 0 Å². The number of ether oxygens (including phenoxy) is 4. The Labute approximate surface area is 195 Å². The van der Waals surface area contributed by atoms with Crippen LogP contribution in [0.4, 0.5) is 0 Å². The van der Waals surface area contributed by atoms with E-state index in [-0.39, 0.29) is 0 Å². The predicted octanol–water partition coefficient (Wildman–Crippen LogP) is 4.65. The number of rotatable bonds is 10. The van der Waals surface area contributed by atoms with Gasteiger partial charge >= 0.3 is 0 Å². The molecule has 5 atom stereocenters. The van der Waals surface area contributed by atoms with Gasteiger partial charge < -0.3 is 24.1 Å². The number of benzene rings is 3. The number of hydrogen-bond acceptors (Lipinski definition) is 5. The molecule has 1 heterocycles. The molecule has 0 aliphatic carbocycles. The van der Waals surface area contributed by atoms with Crippen LogP contribution in [0.3, 0.4) is 0 Å². The fourth-order valence-corrected chi connectivity index (χ4v) is 3.90. The molecule has 5 heteroatoms. The van der Waals surface area contributed by atoms with Gasteiger partial charge in [0.25, 0.3) is 0 Å². The molecule has 33 heavy (non-hydrogen) atoms. The van der Waals surface area contributed by atoms with Crippen molar-refractivity contribution in [3.8, 4) is 0 Å². The third kappa shape index (κ3) is 6.38. The average Bonchev–Trinajstić information content (AvgIpc) is 2.87. The van der Waals surface area contributed by atoms with Crippen molar-refractivity contribution in [1.29, 1.82) is 0 Å². The highest BCUT2D eigenvalue weighted by Crippen LogP contribution is 2.30. The molecule has 1 aliphatic heterocycles. The minimum atomic E-state index is -1.17. The lowest BCUT2D eigenvalue weighted by atomic mass is 9.97. The van der Waals surface area contributed by atoms with Crippen molar-refractivity contribution in [2.45, 2.75) is 50.5 Å². The van der Waals surface area contributed by atoms with E-state index in [2.05, 4.69) is 6.58 Å². The van der Waals surface area contributed by atoms with Gasteiger partial charge in [-0.15, -0.1) is 6.58 Å². The first-order valence-electron chi connectivity index (χ1n) is 11.2. The largest absolute Gasteiger partial charge is 0.368 e. The summed E-state index contributed by atoms with van der Waals surface area (Å²) in [5.41, 5.74) is 3.06. The fraction of sp³-hybridized carbons (Fsp3) is 0.286. The molecule has 3 aromatic rings. The molecule has 0 saturated carbocycles. The zero-order chi connectivity index (χ0) is 22.9. The summed E-state index contributed by atoms with van der Waals surface area (Å²) in [6.07, 6.45) is -1.87. The fourth-order valence-electron chi connectivity index (χ4n) is 3.90. The maximum atomic E-state index is 10.8. The minimum absolute atomic E-state index is 0.321. The van der Waals surface area contributed by atoms with E-state index < -0.39 is 30.7 Å². The van der Waals surface area contributed by atoms with Crippen LogP contribution < -0.4 is 0 Å². The van der Waals surface area contributed by atoms with Crippen LogP contribution in [-0.2, 0) is 38.8 Å². The summed E-state index contributed by atoms with van der Waals surface area (Å²) in [6.45, 7) is 4.94. The van der Waals surface area contributed by atoms with E-state index in [1.807, 2.05) is 91.0 Å². The maximum absolute atomic E-state index is 10.8. The van der Waals surface area contributed by atoms with Gasteiger partial charge in [-0.1, -0.05) is 97.1 Å². The molecule has 0 radical (unpaired) electrons. The zero-order valence-corrected chi connectivity index (χ0v) is 18.5. The Morgan fingerprint density at radius 2 is 1.03 bits per heavy atom. The molecule has 3 aromatic carbocycles. The summed E-state index contributed by atoms with van der Waals surface area (Å²) in [5, 5.41) is 10.8. The summed E-state index contributed by atoms with van der Waals surface area (Å²) >= 11 is 0. The lowest BCUT2D eigenvalue weighted by Gasteiger charge is -2.43. The van der Waals surface area contributed by atoms with Crippen LogP contribution in [0.1, 0.15) is 16.7 Å². The van der Waals surface area contributed by atoms with E-state index in [9.17, 15) is 5.11 Å². The van der Waals surface area contributed by atoms with Crippen LogP contribution in [0.2, 0.25) is 0 Å². The molecule has 1 N–H and O–H groups in total. The molecular formula is C28H30O5. The summed E-state index contributed by atoms with van der Waals surface area (Å²) < 4.78 is 24.6. The Morgan fingerprint density at radius 3 is 1.45 bits per heavy atom. The highest BCUT2D eigenvalue weighted by Gasteiger charge is 2.46.